The number of hydrogen-bond acceptors (Lipinski definition) is 4. The van der Waals surface area contributed by atoms with Gasteiger partial charge in [-0.25, -0.2) is 4.98 Å². The van der Waals surface area contributed by atoms with Crippen LogP contribution in [0.2, 0.25) is 0 Å². The molecular weight excluding hydrogens is 282 g/mol. The van der Waals surface area contributed by atoms with Gasteiger partial charge in [0, 0.05) is 5.92 Å². The lowest BCUT2D eigenvalue weighted by molar-refractivity contribution is -0.117. The van der Waals surface area contributed by atoms with Crippen LogP contribution in [0.4, 0.5) is 5.13 Å². The highest BCUT2D eigenvalue weighted by Gasteiger charge is 2.43. The van der Waals surface area contributed by atoms with E-state index >= 15 is 0 Å². The molecule has 21 heavy (non-hydrogen) atoms. The summed E-state index contributed by atoms with van der Waals surface area (Å²) in [6.07, 6.45) is 2.56. The van der Waals surface area contributed by atoms with Crippen LogP contribution < -0.4 is 11.1 Å². The highest BCUT2D eigenvalue weighted by molar-refractivity contribution is 7.16. The zero-order valence-corrected chi connectivity index (χ0v) is 12.2. The predicted molar refractivity (Wildman–Crippen MR) is 84.0 cm³/mol. The molecule has 2 aromatic rings. The third-order valence-corrected chi connectivity index (χ3v) is 4.23. The normalized spacial score (nSPS) is 19.5. The average molecular weight is 297 g/mol. The zero-order chi connectivity index (χ0) is 14.7. The second-order valence-electron chi connectivity index (χ2n) is 4.88. The van der Waals surface area contributed by atoms with Crippen LogP contribution in [0, 0.1) is 17.8 Å². The summed E-state index contributed by atoms with van der Waals surface area (Å²) in [6, 6.07) is 10.1. The number of thiazole rings is 1. The summed E-state index contributed by atoms with van der Waals surface area (Å²) in [5, 5.41) is 3.47. The number of aromatic nitrogens is 1. The Hall–Kier alpha value is -2.16. The molecule has 0 bridgehead atoms. The van der Waals surface area contributed by atoms with E-state index in [1.54, 1.807) is 6.20 Å². The third kappa shape index (κ3) is 3.30. The number of nitrogens with two attached hydrogens (primary N) is 1. The Morgan fingerprint density at radius 1 is 1.43 bits per heavy atom. The number of carbonyl (C=O) groups excluding carboxylic acids is 1. The Morgan fingerprint density at radius 3 is 3.00 bits per heavy atom. The molecule has 1 aromatic carbocycles. The molecule has 0 saturated heterocycles. The molecule has 1 aromatic heterocycles. The maximum absolute atomic E-state index is 12.2. The molecule has 5 heteroatoms. The lowest BCUT2D eigenvalue weighted by Gasteiger charge is -2.01. The van der Waals surface area contributed by atoms with E-state index in [9.17, 15) is 4.79 Å². The Bertz CT molecular complexity index is 699. The lowest BCUT2D eigenvalue weighted by Crippen LogP contribution is -2.14. The standard InChI is InChI=1S/C16H15N3OS/c17-8-4-7-12-10-18-16(21-12)19-15(20)14-9-13(14)11-5-2-1-3-6-11/h1-3,5-6,10,13-14H,8-9,17H2,(H,18,19,20). The SMILES string of the molecule is NCC#Cc1cnc(NC(=O)C2CC2c2ccccc2)s1. The van der Waals surface area contributed by atoms with E-state index in [4.69, 9.17) is 5.73 Å². The Kier molecular flexibility index (Phi) is 4.00. The smallest absolute Gasteiger partial charge is 0.229 e. The van der Waals surface area contributed by atoms with Crippen molar-refractivity contribution >= 4 is 22.4 Å². The maximum Gasteiger partial charge on any atom is 0.229 e. The minimum atomic E-state index is 0.0385. The monoisotopic (exact) mass is 297 g/mol. The molecule has 106 valence electrons. The summed E-state index contributed by atoms with van der Waals surface area (Å²) < 4.78 is 0. The second kappa shape index (κ2) is 6.08. The van der Waals surface area contributed by atoms with Crippen LogP contribution in [0.15, 0.2) is 36.5 Å². The fourth-order valence-electron chi connectivity index (χ4n) is 2.28. The Labute approximate surface area is 127 Å². The first-order valence-electron chi connectivity index (χ1n) is 6.78. The highest BCUT2D eigenvalue weighted by atomic mass is 32.1. The number of rotatable bonds is 3. The van der Waals surface area contributed by atoms with Gasteiger partial charge in [-0.15, -0.1) is 0 Å². The van der Waals surface area contributed by atoms with E-state index < -0.39 is 0 Å². The summed E-state index contributed by atoms with van der Waals surface area (Å²) in [6.45, 7) is 0.320. The first-order valence-corrected chi connectivity index (χ1v) is 7.60. The Morgan fingerprint density at radius 2 is 2.24 bits per heavy atom. The van der Waals surface area contributed by atoms with Gasteiger partial charge in [0.1, 0.15) is 0 Å². The van der Waals surface area contributed by atoms with E-state index in [1.165, 1.54) is 16.9 Å². The molecule has 3 N–H and O–H groups in total. The molecule has 1 saturated carbocycles. The van der Waals surface area contributed by atoms with Crippen LogP contribution in [-0.2, 0) is 4.79 Å². The van der Waals surface area contributed by atoms with Crippen molar-refractivity contribution in [1.29, 1.82) is 0 Å². The fraction of sp³-hybridized carbons (Fsp3) is 0.250. The first kappa shape index (κ1) is 13.8. The molecule has 0 spiro atoms. The van der Waals surface area contributed by atoms with Crippen LogP contribution in [0.5, 0.6) is 0 Å². The molecule has 2 unspecified atom stereocenters. The van der Waals surface area contributed by atoms with Gasteiger partial charge >= 0.3 is 0 Å². The first-order chi connectivity index (χ1) is 10.3. The van der Waals surface area contributed by atoms with Gasteiger partial charge in [0.15, 0.2) is 5.13 Å². The fourth-order valence-corrected chi connectivity index (χ4v) is 2.97. The minimum absolute atomic E-state index is 0.0385. The van der Waals surface area contributed by atoms with E-state index in [2.05, 4.69) is 34.3 Å². The summed E-state index contributed by atoms with van der Waals surface area (Å²) in [4.78, 5) is 17.2. The topological polar surface area (TPSA) is 68.0 Å². The molecule has 1 amide bonds. The molecule has 1 aliphatic rings. The summed E-state index contributed by atoms with van der Waals surface area (Å²) >= 11 is 1.37. The van der Waals surface area contributed by atoms with Crippen LogP contribution in [0.25, 0.3) is 0 Å². The minimum Gasteiger partial charge on any atom is -0.320 e. The van der Waals surface area contributed by atoms with Crippen LogP contribution in [0.3, 0.4) is 0 Å². The van der Waals surface area contributed by atoms with Crippen LogP contribution >= 0.6 is 11.3 Å². The molecule has 3 rings (SSSR count). The number of nitrogens with zero attached hydrogens (tertiary/aromatic N) is 1. The highest BCUT2D eigenvalue weighted by Crippen LogP contribution is 2.47. The van der Waals surface area contributed by atoms with Crippen molar-refractivity contribution in [2.75, 3.05) is 11.9 Å². The van der Waals surface area contributed by atoms with Gasteiger partial charge in [-0.1, -0.05) is 53.5 Å². The van der Waals surface area contributed by atoms with Crippen molar-refractivity contribution in [3.63, 3.8) is 0 Å². The van der Waals surface area contributed by atoms with Crippen molar-refractivity contribution < 1.29 is 4.79 Å². The summed E-state index contributed by atoms with van der Waals surface area (Å²) in [5.41, 5.74) is 6.55. The summed E-state index contributed by atoms with van der Waals surface area (Å²) in [7, 11) is 0. The molecule has 1 fully saturated rings. The van der Waals surface area contributed by atoms with E-state index in [1.807, 2.05) is 18.2 Å². The quantitative estimate of drug-likeness (QED) is 0.853. The van der Waals surface area contributed by atoms with Gasteiger partial charge in [0.25, 0.3) is 0 Å². The van der Waals surface area contributed by atoms with Crippen molar-refractivity contribution in [2.45, 2.75) is 12.3 Å². The predicted octanol–water partition coefficient (Wildman–Crippen LogP) is 2.20. The van der Waals surface area contributed by atoms with Crippen LogP contribution in [-0.4, -0.2) is 17.4 Å². The van der Waals surface area contributed by atoms with E-state index in [0.29, 0.717) is 17.6 Å². The van der Waals surface area contributed by atoms with Gasteiger partial charge in [-0.2, -0.15) is 0 Å². The van der Waals surface area contributed by atoms with Crippen molar-refractivity contribution in [1.82, 2.24) is 4.98 Å². The molecule has 4 nitrogen and oxygen atoms in total. The average Bonchev–Trinajstić information content (AvgIpc) is 3.21. The Balaban J connectivity index is 1.59. The van der Waals surface area contributed by atoms with Gasteiger partial charge in [-0.05, 0) is 17.9 Å². The van der Waals surface area contributed by atoms with Crippen LogP contribution in [0.1, 0.15) is 22.8 Å². The largest absolute Gasteiger partial charge is 0.320 e. The van der Waals surface area contributed by atoms with Gasteiger partial charge in [0.05, 0.1) is 17.6 Å². The number of nitrogens with one attached hydrogen (secondary N) is 1. The number of anilines is 1. The van der Waals surface area contributed by atoms with Crippen molar-refractivity contribution in [3.05, 3.63) is 47.0 Å². The van der Waals surface area contributed by atoms with Gasteiger partial charge in [0.2, 0.25) is 5.91 Å². The number of hydrogen-bond donors (Lipinski definition) is 2. The molecule has 1 heterocycles. The second-order valence-corrected chi connectivity index (χ2v) is 5.91. The van der Waals surface area contributed by atoms with E-state index in [-0.39, 0.29) is 11.8 Å². The third-order valence-electron chi connectivity index (χ3n) is 3.40. The molecule has 0 radical (unpaired) electrons. The number of benzene rings is 1. The van der Waals surface area contributed by atoms with Gasteiger partial charge in [-0.3, -0.25) is 4.79 Å². The molecule has 2 atom stereocenters. The van der Waals surface area contributed by atoms with Crippen molar-refractivity contribution in [2.24, 2.45) is 11.7 Å². The molecular formula is C16H15N3OS. The summed E-state index contributed by atoms with van der Waals surface area (Å²) in [5.74, 6) is 6.10. The maximum atomic E-state index is 12.2. The zero-order valence-electron chi connectivity index (χ0n) is 11.4. The van der Waals surface area contributed by atoms with Gasteiger partial charge < -0.3 is 11.1 Å². The number of carbonyl (C=O) groups is 1. The molecule has 1 aliphatic carbocycles. The molecule has 0 aliphatic heterocycles. The van der Waals surface area contributed by atoms with E-state index in [0.717, 1.165) is 11.3 Å². The lowest BCUT2D eigenvalue weighted by atomic mass is 10.1. The number of amides is 1. The van der Waals surface area contributed by atoms with Crippen molar-refractivity contribution in [3.8, 4) is 11.8 Å².